The quantitative estimate of drug-likeness (QED) is 0.301. The number of ether oxygens (including phenoxy) is 1. The summed E-state index contributed by atoms with van der Waals surface area (Å²) in [5.41, 5.74) is 3.02. The first-order chi connectivity index (χ1) is 19.0. The molecule has 1 atom stereocenters. The Morgan fingerprint density at radius 2 is 1.95 bits per heavy atom. The summed E-state index contributed by atoms with van der Waals surface area (Å²) in [5, 5.41) is 6.00. The number of aromatic amines is 1. The molecule has 1 aliphatic rings. The van der Waals surface area contributed by atoms with Gasteiger partial charge in [0.15, 0.2) is 0 Å². The van der Waals surface area contributed by atoms with E-state index in [0.29, 0.717) is 32.5 Å². The second-order valence-corrected chi connectivity index (χ2v) is 10.7. The van der Waals surface area contributed by atoms with Crippen LogP contribution in [0.3, 0.4) is 0 Å². The molecule has 1 saturated heterocycles. The largest absolute Gasteiger partial charge is 0.497 e. The first-order valence-electron chi connectivity index (χ1n) is 13.1. The van der Waals surface area contributed by atoms with Crippen LogP contribution in [0.4, 0.5) is 0 Å². The summed E-state index contributed by atoms with van der Waals surface area (Å²) >= 11 is 1.62. The summed E-state index contributed by atoms with van der Waals surface area (Å²) in [7, 11) is 1.63. The van der Waals surface area contributed by atoms with Crippen molar-refractivity contribution in [2.45, 2.75) is 31.8 Å². The lowest BCUT2D eigenvalue weighted by Crippen LogP contribution is -2.60. The predicted octanol–water partition coefficient (Wildman–Crippen LogP) is 3.77. The Hall–Kier alpha value is -4.11. The van der Waals surface area contributed by atoms with Crippen molar-refractivity contribution in [3.05, 3.63) is 88.2 Å². The molecule has 3 amide bonds. The molecule has 39 heavy (non-hydrogen) atoms. The van der Waals surface area contributed by atoms with Crippen molar-refractivity contribution in [2.75, 3.05) is 26.7 Å². The Kier molecular flexibility index (Phi) is 8.27. The summed E-state index contributed by atoms with van der Waals surface area (Å²) in [6.07, 6.45) is 3.14. The molecule has 0 radical (unpaired) electrons. The van der Waals surface area contributed by atoms with E-state index in [1.165, 1.54) is 0 Å². The Bertz CT molecular complexity index is 1430. The smallest absolute Gasteiger partial charge is 0.246 e. The maximum Gasteiger partial charge on any atom is 0.246 e. The van der Waals surface area contributed by atoms with Gasteiger partial charge in [0.2, 0.25) is 17.7 Å². The minimum Gasteiger partial charge on any atom is -0.497 e. The Morgan fingerprint density at radius 3 is 2.72 bits per heavy atom. The van der Waals surface area contributed by atoms with Crippen LogP contribution in [0.2, 0.25) is 0 Å². The Labute approximate surface area is 231 Å². The van der Waals surface area contributed by atoms with Gasteiger partial charge in [-0.1, -0.05) is 36.4 Å². The summed E-state index contributed by atoms with van der Waals surface area (Å²) in [6, 6.07) is 18.6. The number of aromatic nitrogens is 1. The average molecular weight is 545 g/mol. The number of hydrogen-bond acceptors (Lipinski definition) is 5. The minimum absolute atomic E-state index is 0.0142. The van der Waals surface area contributed by atoms with Crippen molar-refractivity contribution in [2.24, 2.45) is 0 Å². The SMILES string of the molecule is COc1ccc2[nH]cc(CCNC(=O)CC3C(=O)N(Cc4ccccc4)CC(=O)N3CCc3cccs3)c2c1. The monoisotopic (exact) mass is 544 g/mol. The molecule has 0 spiro atoms. The maximum absolute atomic E-state index is 13.6. The van der Waals surface area contributed by atoms with E-state index >= 15 is 0 Å². The number of piperazine rings is 1. The lowest BCUT2D eigenvalue weighted by Gasteiger charge is -2.40. The van der Waals surface area contributed by atoms with Crippen LogP contribution in [-0.4, -0.2) is 65.3 Å². The number of carbonyl (C=O) groups is 3. The number of methoxy groups -OCH3 is 1. The van der Waals surface area contributed by atoms with Crippen molar-refractivity contribution >= 4 is 40.0 Å². The molecule has 0 bridgehead atoms. The number of nitrogens with one attached hydrogen (secondary N) is 2. The summed E-state index contributed by atoms with van der Waals surface area (Å²) in [6.45, 7) is 1.17. The maximum atomic E-state index is 13.6. The van der Waals surface area contributed by atoms with Gasteiger partial charge in [-0.25, -0.2) is 0 Å². The molecule has 2 aromatic heterocycles. The molecule has 3 heterocycles. The van der Waals surface area contributed by atoms with Gasteiger partial charge in [-0.2, -0.15) is 0 Å². The van der Waals surface area contributed by atoms with Crippen LogP contribution < -0.4 is 10.1 Å². The van der Waals surface area contributed by atoms with E-state index < -0.39 is 6.04 Å². The van der Waals surface area contributed by atoms with Crippen molar-refractivity contribution in [3.8, 4) is 5.75 Å². The normalized spacial score (nSPS) is 15.7. The van der Waals surface area contributed by atoms with Crippen molar-refractivity contribution in [3.63, 3.8) is 0 Å². The van der Waals surface area contributed by atoms with E-state index in [9.17, 15) is 14.4 Å². The number of rotatable bonds is 11. The first-order valence-corrected chi connectivity index (χ1v) is 13.9. The highest BCUT2D eigenvalue weighted by Gasteiger charge is 2.40. The summed E-state index contributed by atoms with van der Waals surface area (Å²) < 4.78 is 5.34. The van der Waals surface area contributed by atoms with Gasteiger partial charge in [0, 0.05) is 41.6 Å². The number of nitrogens with zero attached hydrogens (tertiary/aromatic N) is 2. The van der Waals surface area contributed by atoms with Crippen molar-refractivity contribution in [1.82, 2.24) is 20.1 Å². The zero-order valence-electron chi connectivity index (χ0n) is 21.9. The third kappa shape index (κ3) is 6.31. The fraction of sp³-hybridized carbons (Fsp3) is 0.300. The number of amides is 3. The molecule has 1 aliphatic heterocycles. The predicted molar refractivity (Wildman–Crippen MR) is 152 cm³/mol. The highest BCUT2D eigenvalue weighted by atomic mass is 32.1. The zero-order chi connectivity index (χ0) is 27.2. The third-order valence-corrected chi connectivity index (χ3v) is 8.02. The van der Waals surface area contributed by atoms with Gasteiger partial charge in [-0.3, -0.25) is 14.4 Å². The Morgan fingerprint density at radius 1 is 1.10 bits per heavy atom. The van der Waals surface area contributed by atoms with Crippen molar-refractivity contribution < 1.29 is 19.1 Å². The van der Waals surface area contributed by atoms with Gasteiger partial charge in [0.1, 0.15) is 18.3 Å². The molecule has 1 fully saturated rings. The minimum atomic E-state index is -0.827. The van der Waals surface area contributed by atoms with Gasteiger partial charge in [-0.05, 0) is 53.6 Å². The standard InChI is InChI=1S/C30H32N4O4S/c1-38-23-9-10-26-25(16-23)22(18-32-26)11-13-31-28(35)17-27-30(37)33(19-21-6-3-2-4-7-21)20-29(36)34(27)14-12-24-8-5-15-39-24/h2-10,15-16,18,27,32H,11-14,17,19-20H2,1H3,(H,31,35). The van der Waals surface area contributed by atoms with E-state index in [1.54, 1.807) is 28.2 Å². The van der Waals surface area contributed by atoms with Gasteiger partial charge < -0.3 is 24.8 Å². The molecule has 8 nitrogen and oxygen atoms in total. The molecule has 2 aromatic carbocycles. The first kappa shape index (κ1) is 26.5. The molecule has 5 rings (SSSR count). The van der Waals surface area contributed by atoms with E-state index in [-0.39, 0.29) is 30.7 Å². The van der Waals surface area contributed by atoms with Gasteiger partial charge in [0.25, 0.3) is 0 Å². The van der Waals surface area contributed by atoms with Crippen LogP contribution in [0.15, 0.2) is 72.2 Å². The second kappa shape index (κ2) is 12.2. The summed E-state index contributed by atoms with van der Waals surface area (Å²) in [4.78, 5) is 47.4. The molecule has 1 unspecified atom stereocenters. The van der Waals surface area contributed by atoms with Crippen LogP contribution >= 0.6 is 11.3 Å². The zero-order valence-corrected chi connectivity index (χ0v) is 22.7. The fourth-order valence-corrected chi connectivity index (χ4v) is 5.72. The van der Waals surface area contributed by atoms with Gasteiger partial charge in [-0.15, -0.1) is 11.3 Å². The number of hydrogen-bond donors (Lipinski definition) is 2. The fourth-order valence-electron chi connectivity index (χ4n) is 5.03. The number of H-pyrrole nitrogens is 1. The highest BCUT2D eigenvalue weighted by Crippen LogP contribution is 2.24. The van der Waals surface area contributed by atoms with E-state index in [4.69, 9.17) is 4.74 Å². The number of carbonyl (C=O) groups excluding carboxylic acids is 3. The molecular formula is C30H32N4O4S. The average Bonchev–Trinajstić information content (AvgIpc) is 3.61. The van der Waals surface area contributed by atoms with E-state index in [0.717, 1.165) is 32.7 Å². The second-order valence-electron chi connectivity index (χ2n) is 9.64. The lowest BCUT2D eigenvalue weighted by molar-refractivity contribution is -0.157. The molecule has 0 saturated carbocycles. The Balaban J connectivity index is 1.25. The topological polar surface area (TPSA) is 94.7 Å². The van der Waals surface area contributed by atoms with Crippen LogP contribution in [0, 0.1) is 0 Å². The number of fused-ring (bicyclic) bond motifs is 1. The molecule has 2 N–H and O–H groups in total. The number of benzene rings is 2. The van der Waals surface area contributed by atoms with Crippen LogP contribution in [0.25, 0.3) is 10.9 Å². The van der Waals surface area contributed by atoms with E-state index in [2.05, 4.69) is 10.3 Å². The molecular weight excluding hydrogens is 512 g/mol. The van der Waals surface area contributed by atoms with Gasteiger partial charge >= 0.3 is 0 Å². The van der Waals surface area contributed by atoms with Crippen molar-refractivity contribution in [1.29, 1.82) is 0 Å². The molecule has 9 heteroatoms. The lowest BCUT2D eigenvalue weighted by atomic mass is 10.0. The summed E-state index contributed by atoms with van der Waals surface area (Å²) in [5.74, 6) is 0.202. The van der Waals surface area contributed by atoms with Gasteiger partial charge in [0.05, 0.1) is 13.5 Å². The highest BCUT2D eigenvalue weighted by molar-refractivity contribution is 7.09. The van der Waals surface area contributed by atoms with Crippen LogP contribution in [-0.2, 0) is 33.8 Å². The van der Waals surface area contributed by atoms with E-state index in [1.807, 2.05) is 72.2 Å². The molecule has 4 aromatic rings. The molecule has 0 aliphatic carbocycles. The molecule has 202 valence electrons. The third-order valence-electron chi connectivity index (χ3n) is 7.08. The number of thiophene rings is 1. The van der Waals surface area contributed by atoms with Crippen LogP contribution in [0.1, 0.15) is 22.4 Å². The van der Waals surface area contributed by atoms with Crippen LogP contribution in [0.5, 0.6) is 5.75 Å².